The lowest BCUT2D eigenvalue weighted by Gasteiger charge is -2.16. The van der Waals surface area contributed by atoms with Gasteiger partial charge in [-0.15, -0.1) is 0 Å². The molecule has 3 aromatic rings. The molecule has 1 unspecified atom stereocenters. The molecule has 0 bridgehead atoms. The Morgan fingerprint density at radius 3 is 2.50 bits per heavy atom. The lowest BCUT2D eigenvalue weighted by atomic mass is 9.83. The van der Waals surface area contributed by atoms with E-state index < -0.39 is 5.92 Å². The molecule has 2 aromatic carbocycles. The predicted octanol–water partition coefficient (Wildman–Crippen LogP) is 4.28. The molecule has 1 atom stereocenters. The molecule has 2 heterocycles. The van der Waals surface area contributed by atoms with Gasteiger partial charge in [0.1, 0.15) is 0 Å². The van der Waals surface area contributed by atoms with Crippen molar-refractivity contribution >= 4 is 17.4 Å². The smallest absolute Gasteiger partial charge is 0.236 e. The van der Waals surface area contributed by atoms with Gasteiger partial charge in [-0.1, -0.05) is 48.5 Å². The van der Waals surface area contributed by atoms with Crippen molar-refractivity contribution in [2.75, 3.05) is 5.32 Å². The Hall–Kier alpha value is -3.14. The van der Waals surface area contributed by atoms with E-state index in [9.17, 15) is 9.59 Å². The maximum Gasteiger partial charge on any atom is 0.236 e. The zero-order chi connectivity index (χ0) is 17.7. The van der Waals surface area contributed by atoms with Crippen LogP contribution in [0.5, 0.6) is 0 Å². The van der Waals surface area contributed by atoms with Crippen LogP contribution in [0.4, 0.5) is 5.69 Å². The van der Waals surface area contributed by atoms with E-state index in [2.05, 4.69) is 10.3 Å². The van der Waals surface area contributed by atoms with Crippen LogP contribution in [0.25, 0.3) is 11.3 Å². The Bertz CT molecular complexity index is 1030. The molecule has 0 fully saturated rings. The molecule has 4 heteroatoms. The number of hydrogen-bond donors (Lipinski definition) is 2. The number of carbonyl (C=O) groups is 2. The van der Waals surface area contributed by atoms with E-state index in [0.717, 1.165) is 52.2 Å². The van der Waals surface area contributed by atoms with E-state index in [1.807, 2.05) is 54.6 Å². The van der Waals surface area contributed by atoms with Gasteiger partial charge in [-0.3, -0.25) is 9.59 Å². The average molecular weight is 342 g/mol. The minimum Gasteiger partial charge on any atom is -0.358 e. The van der Waals surface area contributed by atoms with Gasteiger partial charge in [-0.25, -0.2) is 0 Å². The van der Waals surface area contributed by atoms with Gasteiger partial charge in [0.15, 0.2) is 5.78 Å². The van der Waals surface area contributed by atoms with Crippen molar-refractivity contribution in [2.24, 2.45) is 0 Å². The van der Waals surface area contributed by atoms with Gasteiger partial charge in [0.2, 0.25) is 5.91 Å². The largest absolute Gasteiger partial charge is 0.358 e. The van der Waals surface area contributed by atoms with Crippen LogP contribution in [0.1, 0.15) is 45.9 Å². The SMILES string of the molecule is O=C1CCCc2[nH]c(-c3ccccc3)c(C3C(=O)Nc4ccccc43)c21. The number of aromatic amines is 1. The highest BCUT2D eigenvalue weighted by Crippen LogP contribution is 2.44. The number of aromatic nitrogens is 1. The van der Waals surface area contributed by atoms with Gasteiger partial charge >= 0.3 is 0 Å². The summed E-state index contributed by atoms with van der Waals surface area (Å²) >= 11 is 0. The van der Waals surface area contributed by atoms with Crippen LogP contribution in [0.2, 0.25) is 0 Å². The van der Waals surface area contributed by atoms with Gasteiger partial charge < -0.3 is 10.3 Å². The lowest BCUT2D eigenvalue weighted by molar-refractivity contribution is -0.116. The van der Waals surface area contributed by atoms with E-state index in [4.69, 9.17) is 0 Å². The van der Waals surface area contributed by atoms with Crippen molar-refractivity contribution in [1.82, 2.24) is 4.98 Å². The summed E-state index contributed by atoms with van der Waals surface area (Å²) in [7, 11) is 0. The second-order valence-electron chi connectivity index (χ2n) is 6.92. The Labute approximate surface area is 151 Å². The number of amides is 1. The standard InChI is InChI=1S/C22H18N2O2/c25-17-12-6-11-16-19(17)20(21(23-16)13-7-2-1-3-8-13)18-14-9-4-5-10-15(14)24-22(18)26/h1-5,7-10,18,23H,6,11-12H2,(H,24,26). The molecule has 0 radical (unpaired) electrons. The van der Waals surface area contributed by atoms with E-state index in [1.54, 1.807) is 0 Å². The molecule has 2 N–H and O–H groups in total. The van der Waals surface area contributed by atoms with Crippen LogP contribution in [-0.2, 0) is 11.2 Å². The Balaban J connectivity index is 1.80. The summed E-state index contributed by atoms with van der Waals surface area (Å²) in [5, 5.41) is 2.97. The van der Waals surface area contributed by atoms with Crippen molar-refractivity contribution in [3.8, 4) is 11.3 Å². The number of aryl methyl sites for hydroxylation is 1. The van der Waals surface area contributed by atoms with Crippen LogP contribution >= 0.6 is 0 Å². The summed E-state index contributed by atoms with van der Waals surface area (Å²) in [6, 6.07) is 17.7. The third kappa shape index (κ3) is 2.15. The minimum atomic E-state index is -0.455. The maximum absolute atomic E-state index is 12.9. The molecular formula is C22H18N2O2. The van der Waals surface area contributed by atoms with E-state index in [0.29, 0.717) is 6.42 Å². The second kappa shape index (κ2) is 5.70. The molecule has 0 saturated carbocycles. The van der Waals surface area contributed by atoms with Crippen LogP contribution < -0.4 is 5.32 Å². The molecule has 1 aromatic heterocycles. The fraction of sp³-hybridized carbons (Fsp3) is 0.182. The fourth-order valence-electron chi connectivity index (χ4n) is 4.24. The molecule has 128 valence electrons. The van der Waals surface area contributed by atoms with Gasteiger partial charge in [-0.05, 0) is 30.0 Å². The number of para-hydroxylation sites is 1. The number of hydrogen-bond acceptors (Lipinski definition) is 2. The van der Waals surface area contributed by atoms with Gasteiger partial charge in [-0.2, -0.15) is 0 Å². The molecule has 0 spiro atoms. The fourth-order valence-corrected chi connectivity index (χ4v) is 4.24. The monoisotopic (exact) mass is 342 g/mol. The van der Waals surface area contributed by atoms with Crippen molar-refractivity contribution in [3.05, 3.63) is 77.0 Å². The lowest BCUT2D eigenvalue weighted by Crippen LogP contribution is -2.18. The zero-order valence-corrected chi connectivity index (χ0v) is 14.2. The first-order valence-corrected chi connectivity index (χ1v) is 8.97. The van der Waals surface area contributed by atoms with Gasteiger partial charge in [0.05, 0.1) is 11.6 Å². The number of Topliss-reactive ketones (excluding diaryl/α,β-unsaturated/α-hetero) is 1. The number of carbonyl (C=O) groups excluding carboxylic acids is 2. The highest BCUT2D eigenvalue weighted by molar-refractivity contribution is 6.10. The topological polar surface area (TPSA) is 62.0 Å². The molecule has 1 amide bonds. The Morgan fingerprint density at radius 1 is 0.885 bits per heavy atom. The van der Waals surface area contributed by atoms with Crippen LogP contribution in [0, 0.1) is 0 Å². The molecule has 0 saturated heterocycles. The van der Waals surface area contributed by atoms with Crippen molar-refractivity contribution in [3.63, 3.8) is 0 Å². The first kappa shape index (κ1) is 15.1. The maximum atomic E-state index is 12.9. The summed E-state index contributed by atoms with van der Waals surface area (Å²) in [6.45, 7) is 0. The Morgan fingerprint density at radius 2 is 1.65 bits per heavy atom. The summed E-state index contributed by atoms with van der Waals surface area (Å²) in [5.41, 5.74) is 6.19. The Kier molecular flexibility index (Phi) is 3.32. The number of nitrogens with one attached hydrogen (secondary N) is 2. The zero-order valence-electron chi connectivity index (χ0n) is 14.2. The minimum absolute atomic E-state index is 0.0662. The highest BCUT2D eigenvalue weighted by atomic mass is 16.2. The highest BCUT2D eigenvalue weighted by Gasteiger charge is 2.39. The number of H-pyrrole nitrogens is 1. The number of ketones is 1. The predicted molar refractivity (Wildman–Crippen MR) is 100 cm³/mol. The van der Waals surface area contributed by atoms with E-state index in [-0.39, 0.29) is 11.7 Å². The number of anilines is 1. The summed E-state index contributed by atoms with van der Waals surface area (Å²) in [4.78, 5) is 29.1. The second-order valence-corrected chi connectivity index (χ2v) is 6.92. The first-order chi connectivity index (χ1) is 12.7. The molecule has 1 aliphatic carbocycles. The summed E-state index contributed by atoms with van der Waals surface area (Å²) < 4.78 is 0. The molecule has 4 nitrogen and oxygen atoms in total. The van der Waals surface area contributed by atoms with Gasteiger partial charge in [0.25, 0.3) is 0 Å². The molecule has 2 aliphatic rings. The van der Waals surface area contributed by atoms with Crippen LogP contribution in [0.3, 0.4) is 0 Å². The van der Waals surface area contributed by atoms with Crippen LogP contribution in [0.15, 0.2) is 54.6 Å². The third-order valence-corrected chi connectivity index (χ3v) is 5.37. The van der Waals surface area contributed by atoms with E-state index >= 15 is 0 Å². The summed E-state index contributed by atoms with van der Waals surface area (Å²) in [6.07, 6.45) is 2.24. The molecule has 5 rings (SSSR count). The first-order valence-electron chi connectivity index (χ1n) is 8.97. The number of rotatable bonds is 2. The average Bonchev–Trinajstić information content (AvgIpc) is 3.20. The van der Waals surface area contributed by atoms with Gasteiger partial charge in [0, 0.05) is 28.9 Å². The van der Waals surface area contributed by atoms with E-state index in [1.165, 1.54) is 0 Å². The van der Waals surface area contributed by atoms with Crippen LogP contribution in [-0.4, -0.2) is 16.7 Å². The molecule has 1 aliphatic heterocycles. The molecule has 26 heavy (non-hydrogen) atoms. The third-order valence-electron chi connectivity index (χ3n) is 5.37. The van der Waals surface area contributed by atoms with Crippen molar-refractivity contribution in [1.29, 1.82) is 0 Å². The van der Waals surface area contributed by atoms with Crippen molar-refractivity contribution in [2.45, 2.75) is 25.2 Å². The number of benzene rings is 2. The quantitative estimate of drug-likeness (QED) is 0.730. The number of fused-ring (bicyclic) bond motifs is 2. The summed E-state index contributed by atoms with van der Waals surface area (Å²) in [5.74, 6) is -0.385. The molecular weight excluding hydrogens is 324 g/mol. The van der Waals surface area contributed by atoms with Crippen molar-refractivity contribution < 1.29 is 9.59 Å². The normalized spacial score (nSPS) is 18.4.